The van der Waals surface area contributed by atoms with Gasteiger partial charge < -0.3 is 19.5 Å². The third-order valence-corrected chi connectivity index (χ3v) is 7.11. The number of ether oxygens (including phenoxy) is 3. The second kappa shape index (κ2) is 12.1. The van der Waals surface area contributed by atoms with Crippen molar-refractivity contribution in [2.75, 3.05) is 25.6 Å². The van der Waals surface area contributed by atoms with E-state index in [1.807, 2.05) is 30.3 Å². The Hall–Kier alpha value is -3.36. The summed E-state index contributed by atoms with van der Waals surface area (Å²) >= 11 is 7.98. The van der Waals surface area contributed by atoms with Crippen molar-refractivity contribution in [1.82, 2.24) is 0 Å². The minimum Gasteiger partial charge on any atom is -0.493 e. The smallest absolute Gasteiger partial charge is 0.344 e. The van der Waals surface area contributed by atoms with Crippen molar-refractivity contribution in [3.63, 3.8) is 0 Å². The number of aryl methyl sites for hydroxylation is 1. The first kappa shape index (κ1) is 25.7. The Kier molecular flexibility index (Phi) is 8.61. The first-order valence-corrected chi connectivity index (χ1v) is 12.9. The summed E-state index contributed by atoms with van der Waals surface area (Å²) in [6.45, 7) is 1.71. The zero-order valence-electron chi connectivity index (χ0n) is 20.1. The highest BCUT2D eigenvalue weighted by Crippen LogP contribution is 2.41. The Balaban J connectivity index is 1.61. The maximum absolute atomic E-state index is 13.3. The molecule has 0 spiro atoms. The van der Waals surface area contributed by atoms with E-state index >= 15 is 0 Å². The van der Waals surface area contributed by atoms with Crippen molar-refractivity contribution in [1.29, 1.82) is 0 Å². The van der Waals surface area contributed by atoms with Gasteiger partial charge >= 0.3 is 5.97 Å². The quantitative estimate of drug-likeness (QED) is 0.264. The maximum Gasteiger partial charge on any atom is 0.344 e. The molecule has 7 nitrogen and oxygen atoms in total. The predicted molar refractivity (Wildman–Crippen MR) is 143 cm³/mol. The van der Waals surface area contributed by atoms with Crippen LogP contribution in [0.2, 0.25) is 5.02 Å². The van der Waals surface area contributed by atoms with Crippen molar-refractivity contribution >= 4 is 51.7 Å². The topological polar surface area (TPSA) is 86.2 Å². The minimum absolute atomic E-state index is 0.161. The standard InChI is InChI=1S/C27H27ClN2O5S/c1-3-34-23(31)16-35-25-20(28)13-17(14-21(25)33-2)15-29-27-24(19-11-7-8-12-22(19)36-27)26(32)30-18-9-5-4-6-10-18/h4-6,9-10,13-15H,3,7-8,11-12,16H2,1-2H3,(H,30,32). The number of halogens is 1. The number of carbonyl (C=O) groups is 2. The number of aliphatic imine (C=N–C) groups is 1. The van der Waals surface area contributed by atoms with Crippen LogP contribution in [0.5, 0.6) is 11.5 Å². The number of methoxy groups -OCH3 is 1. The number of benzene rings is 2. The molecule has 188 valence electrons. The van der Waals surface area contributed by atoms with Crippen LogP contribution in [0.1, 0.15) is 46.1 Å². The number of anilines is 1. The molecule has 3 aromatic rings. The third kappa shape index (κ3) is 6.06. The molecule has 0 fully saturated rings. The van der Waals surface area contributed by atoms with E-state index in [4.69, 9.17) is 30.8 Å². The van der Waals surface area contributed by atoms with Crippen molar-refractivity contribution in [2.45, 2.75) is 32.6 Å². The highest BCUT2D eigenvalue weighted by Gasteiger charge is 2.25. The van der Waals surface area contributed by atoms with Gasteiger partial charge in [0.15, 0.2) is 18.1 Å². The van der Waals surface area contributed by atoms with E-state index in [0.29, 0.717) is 21.9 Å². The van der Waals surface area contributed by atoms with Crippen LogP contribution in [0.4, 0.5) is 10.7 Å². The molecule has 1 N–H and O–H groups in total. The largest absolute Gasteiger partial charge is 0.493 e. The SMILES string of the molecule is CCOC(=O)COc1c(Cl)cc(C=Nc2sc3c(c2C(=O)Nc2ccccc2)CCCC3)cc1OC. The summed E-state index contributed by atoms with van der Waals surface area (Å²) in [6.07, 6.45) is 5.63. The second-order valence-electron chi connectivity index (χ2n) is 8.10. The fraction of sp³-hybridized carbons (Fsp3) is 0.296. The Morgan fingerprint density at radius 2 is 1.94 bits per heavy atom. The number of thiophene rings is 1. The van der Waals surface area contributed by atoms with Gasteiger partial charge in [-0.3, -0.25) is 4.79 Å². The number of esters is 1. The van der Waals surface area contributed by atoms with E-state index in [1.165, 1.54) is 12.0 Å². The number of hydrogen-bond acceptors (Lipinski definition) is 7. The summed E-state index contributed by atoms with van der Waals surface area (Å²) in [6, 6.07) is 12.8. The lowest BCUT2D eigenvalue weighted by Crippen LogP contribution is -2.15. The van der Waals surface area contributed by atoms with Crippen LogP contribution in [0.25, 0.3) is 0 Å². The normalized spacial score (nSPS) is 12.8. The molecule has 1 aromatic heterocycles. The first-order valence-electron chi connectivity index (χ1n) is 11.7. The highest BCUT2D eigenvalue weighted by atomic mass is 35.5. The molecule has 0 atom stereocenters. The van der Waals surface area contributed by atoms with E-state index in [1.54, 1.807) is 36.6 Å². The molecule has 1 aliphatic carbocycles. The van der Waals surface area contributed by atoms with E-state index in [9.17, 15) is 9.59 Å². The van der Waals surface area contributed by atoms with E-state index in [2.05, 4.69) is 5.32 Å². The summed E-state index contributed by atoms with van der Waals surface area (Å²) in [5.74, 6) is -0.0463. The van der Waals surface area contributed by atoms with Gasteiger partial charge in [-0.05, 0) is 68.0 Å². The van der Waals surface area contributed by atoms with Crippen LogP contribution in [-0.4, -0.2) is 38.4 Å². The monoisotopic (exact) mass is 526 g/mol. The Morgan fingerprint density at radius 1 is 1.17 bits per heavy atom. The molecule has 0 saturated carbocycles. The van der Waals surface area contributed by atoms with Crippen LogP contribution in [0.15, 0.2) is 47.5 Å². The molecular formula is C27H27ClN2O5S. The van der Waals surface area contributed by atoms with Gasteiger partial charge in [-0.15, -0.1) is 11.3 Å². The molecule has 0 saturated heterocycles. The van der Waals surface area contributed by atoms with Crippen molar-refractivity contribution < 1.29 is 23.8 Å². The van der Waals surface area contributed by atoms with Gasteiger partial charge in [0.25, 0.3) is 5.91 Å². The fourth-order valence-corrected chi connectivity index (χ4v) is 5.52. The first-order chi connectivity index (χ1) is 17.5. The number of nitrogens with one attached hydrogen (secondary N) is 1. The van der Waals surface area contributed by atoms with Crippen molar-refractivity contribution in [2.24, 2.45) is 4.99 Å². The Morgan fingerprint density at radius 3 is 2.69 bits per heavy atom. The summed E-state index contributed by atoms with van der Waals surface area (Å²) in [5, 5.41) is 3.93. The van der Waals surface area contributed by atoms with E-state index in [0.717, 1.165) is 36.9 Å². The molecule has 9 heteroatoms. The van der Waals surface area contributed by atoms with Crippen LogP contribution < -0.4 is 14.8 Å². The molecule has 2 aromatic carbocycles. The van der Waals surface area contributed by atoms with Gasteiger partial charge in [-0.2, -0.15) is 0 Å². The zero-order valence-corrected chi connectivity index (χ0v) is 21.7. The number of carbonyl (C=O) groups excluding carboxylic acids is 2. The van der Waals surface area contributed by atoms with E-state index in [-0.39, 0.29) is 29.9 Å². The summed E-state index contributed by atoms with van der Waals surface area (Å²) < 4.78 is 15.8. The number of hydrogen-bond donors (Lipinski definition) is 1. The van der Waals surface area contributed by atoms with Crippen molar-refractivity contribution in [3.8, 4) is 11.5 Å². The predicted octanol–water partition coefficient (Wildman–Crippen LogP) is 6.23. The molecule has 0 bridgehead atoms. The summed E-state index contributed by atoms with van der Waals surface area (Å²) in [7, 11) is 1.49. The lowest BCUT2D eigenvalue weighted by molar-refractivity contribution is -0.145. The van der Waals surface area contributed by atoms with Crippen LogP contribution in [-0.2, 0) is 22.4 Å². The highest BCUT2D eigenvalue weighted by molar-refractivity contribution is 7.16. The summed E-state index contributed by atoms with van der Waals surface area (Å²) in [5.41, 5.74) is 3.12. The molecule has 0 radical (unpaired) electrons. The maximum atomic E-state index is 13.3. The second-order valence-corrected chi connectivity index (χ2v) is 9.59. The summed E-state index contributed by atoms with van der Waals surface area (Å²) in [4.78, 5) is 30.8. The van der Waals surface area contributed by atoms with Gasteiger partial charge in [-0.25, -0.2) is 9.79 Å². The molecular weight excluding hydrogens is 500 g/mol. The lowest BCUT2D eigenvalue weighted by atomic mass is 9.95. The number of para-hydroxylation sites is 1. The van der Waals surface area contributed by atoms with Gasteiger partial charge in [-0.1, -0.05) is 29.8 Å². The van der Waals surface area contributed by atoms with Crippen molar-refractivity contribution in [3.05, 3.63) is 69.1 Å². The Labute approximate surface area is 219 Å². The third-order valence-electron chi connectivity index (χ3n) is 5.63. The molecule has 1 heterocycles. The van der Waals surface area contributed by atoms with Gasteiger partial charge in [0.1, 0.15) is 5.00 Å². The van der Waals surface area contributed by atoms with Gasteiger partial charge in [0.05, 0.1) is 24.3 Å². The fourth-order valence-electron chi connectivity index (χ4n) is 4.01. The number of nitrogens with zero attached hydrogens (tertiary/aromatic N) is 1. The number of amides is 1. The molecule has 4 rings (SSSR count). The average Bonchev–Trinajstić information content (AvgIpc) is 3.26. The minimum atomic E-state index is -0.496. The lowest BCUT2D eigenvalue weighted by Gasteiger charge is -2.13. The molecule has 0 unspecified atom stereocenters. The average molecular weight is 527 g/mol. The zero-order chi connectivity index (χ0) is 25.5. The number of fused-ring (bicyclic) bond motifs is 1. The molecule has 0 aliphatic heterocycles. The van der Waals surface area contributed by atoms with Crippen LogP contribution >= 0.6 is 22.9 Å². The van der Waals surface area contributed by atoms with Crippen LogP contribution in [0, 0.1) is 0 Å². The van der Waals surface area contributed by atoms with Gasteiger partial charge in [0, 0.05) is 16.8 Å². The Bertz CT molecular complexity index is 1270. The number of rotatable bonds is 9. The molecule has 1 aliphatic rings. The van der Waals surface area contributed by atoms with Gasteiger partial charge in [0.2, 0.25) is 0 Å². The van der Waals surface area contributed by atoms with E-state index < -0.39 is 5.97 Å². The van der Waals surface area contributed by atoms with Crippen LogP contribution in [0.3, 0.4) is 0 Å². The molecule has 36 heavy (non-hydrogen) atoms. The molecule has 1 amide bonds.